The Morgan fingerprint density at radius 1 is 0.938 bits per heavy atom. The summed E-state index contributed by atoms with van der Waals surface area (Å²) in [6.07, 6.45) is 4.56. The first kappa shape index (κ1) is 33.3. The van der Waals surface area contributed by atoms with E-state index >= 15 is 0 Å². The van der Waals surface area contributed by atoms with E-state index in [9.17, 15) is 21.7 Å². The van der Waals surface area contributed by atoms with Gasteiger partial charge in [0, 0.05) is 18.6 Å². The maximum atomic E-state index is 11.5. The average molecular weight is 688 g/mol. The van der Waals surface area contributed by atoms with Gasteiger partial charge in [-0.1, -0.05) is 79.7 Å². The van der Waals surface area contributed by atoms with Crippen LogP contribution in [0.2, 0.25) is 0 Å². The van der Waals surface area contributed by atoms with Crippen LogP contribution in [-0.4, -0.2) is 40.6 Å². The molecule has 248 valence electrons. The van der Waals surface area contributed by atoms with Gasteiger partial charge in [-0.15, -0.1) is 0 Å². The number of hydrogen-bond donors (Lipinski definition) is 2. The molecule has 10 nitrogen and oxygen atoms in total. The third-order valence-electron chi connectivity index (χ3n) is 7.98. The van der Waals surface area contributed by atoms with Crippen molar-refractivity contribution in [2.24, 2.45) is 0 Å². The van der Waals surface area contributed by atoms with Crippen LogP contribution in [0, 0.1) is 0 Å². The average Bonchev–Trinajstić information content (AvgIpc) is 3.60. The molecule has 0 radical (unpaired) electrons. The van der Waals surface area contributed by atoms with Crippen LogP contribution in [0.15, 0.2) is 119 Å². The minimum Gasteiger partial charge on any atom is -0.439 e. The third-order valence-corrected chi connectivity index (χ3v) is 9.16. The third kappa shape index (κ3) is 7.92. The van der Waals surface area contributed by atoms with Crippen LogP contribution in [-0.2, 0) is 32.2 Å². The second kappa shape index (κ2) is 14.7. The summed E-state index contributed by atoms with van der Waals surface area (Å²) in [6.45, 7) is 2.52. The molecule has 1 atom stereocenters. The molecular formula is C36H35N2O8S2+. The second-order valence-corrected chi connectivity index (χ2v) is 13.4. The van der Waals surface area contributed by atoms with Crippen molar-refractivity contribution < 1.29 is 39.6 Å². The molecular weight excluding hydrogens is 653 g/mol. The Morgan fingerprint density at radius 2 is 1.60 bits per heavy atom. The summed E-state index contributed by atoms with van der Waals surface area (Å²) in [5, 5.41) is 0. The molecule has 12 heteroatoms. The number of ether oxygens (including phenoxy) is 1. The van der Waals surface area contributed by atoms with Gasteiger partial charge < -0.3 is 14.1 Å². The van der Waals surface area contributed by atoms with Crippen LogP contribution in [0.3, 0.4) is 0 Å². The Kier molecular flexibility index (Phi) is 10.2. The van der Waals surface area contributed by atoms with Crippen molar-refractivity contribution in [3.8, 4) is 28.0 Å². The van der Waals surface area contributed by atoms with E-state index in [0.717, 1.165) is 39.0 Å². The van der Waals surface area contributed by atoms with E-state index in [-0.39, 0.29) is 31.9 Å². The van der Waals surface area contributed by atoms with Gasteiger partial charge in [-0.3, -0.25) is 13.3 Å². The van der Waals surface area contributed by atoms with Gasteiger partial charge in [0.25, 0.3) is 15.6 Å². The molecule has 1 aliphatic heterocycles. The monoisotopic (exact) mass is 687 g/mol. The van der Waals surface area contributed by atoms with E-state index in [1.807, 2.05) is 126 Å². The van der Waals surface area contributed by atoms with Gasteiger partial charge in [-0.25, -0.2) is 0 Å². The Hall–Kier alpha value is -4.59. The van der Waals surface area contributed by atoms with Gasteiger partial charge in [0.15, 0.2) is 12.3 Å². The van der Waals surface area contributed by atoms with Gasteiger partial charge in [0.2, 0.25) is 11.5 Å². The highest BCUT2D eigenvalue weighted by atomic mass is 32.2. The summed E-state index contributed by atoms with van der Waals surface area (Å²) in [7, 11) is -4.14. The van der Waals surface area contributed by atoms with E-state index in [0.29, 0.717) is 29.5 Å². The lowest BCUT2D eigenvalue weighted by Gasteiger charge is -2.18. The molecule has 0 amide bonds. The highest BCUT2D eigenvalue weighted by Crippen LogP contribution is 2.42. The van der Waals surface area contributed by atoms with Gasteiger partial charge in [0.05, 0.1) is 30.7 Å². The summed E-state index contributed by atoms with van der Waals surface area (Å²) < 4.78 is 72.5. The molecule has 0 bridgehead atoms. The standard InChI is InChI=1S/C36H34N2O8S2/c1-2-26(23-36-38(19-20-44-47(39)40)32-25-30(15-17-34(32)46-36)28-12-7-4-8-13-28)22-35-37(18-9-21-48(41,42)43)31-24-29(14-16-33(31)45-35)27-10-5-3-6-11-27/h3-8,10-17,22-25H,2,9,18-21H2,1H3,(H-,39,40,41,42,43)/p+1. The number of fused-ring (bicyclic) bond motifs is 2. The van der Waals surface area contributed by atoms with E-state index < -0.39 is 21.5 Å². The van der Waals surface area contributed by atoms with Crippen LogP contribution in [0.4, 0.5) is 5.69 Å². The Morgan fingerprint density at radius 3 is 2.25 bits per heavy atom. The zero-order chi connectivity index (χ0) is 33.7. The predicted octanol–water partition coefficient (Wildman–Crippen LogP) is 7.02. The quantitative estimate of drug-likeness (QED) is 0.0762. The number of benzene rings is 4. The number of anilines is 1. The molecule has 0 aliphatic carbocycles. The number of rotatable bonds is 13. The fourth-order valence-corrected chi connectivity index (χ4v) is 6.38. The normalized spacial score (nSPS) is 14.8. The van der Waals surface area contributed by atoms with Crippen LogP contribution in [0.5, 0.6) is 5.75 Å². The summed E-state index contributed by atoms with van der Waals surface area (Å²) in [5.41, 5.74) is 7.10. The molecule has 0 spiro atoms. The fraction of sp³-hybridized carbons (Fsp3) is 0.194. The van der Waals surface area contributed by atoms with E-state index in [4.69, 9.17) is 13.3 Å². The number of oxazole rings is 1. The van der Waals surface area contributed by atoms with Crippen molar-refractivity contribution in [3.05, 3.63) is 120 Å². The molecule has 6 rings (SSSR count). The molecule has 0 saturated carbocycles. The molecule has 0 fully saturated rings. The molecule has 1 aromatic heterocycles. The summed E-state index contributed by atoms with van der Waals surface area (Å²) in [5.74, 6) is 1.27. The Balaban J connectivity index is 1.39. The van der Waals surface area contributed by atoms with Crippen LogP contribution in [0.25, 0.3) is 39.4 Å². The van der Waals surface area contributed by atoms with Crippen molar-refractivity contribution in [1.29, 1.82) is 0 Å². The largest absolute Gasteiger partial charge is 0.439 e. The maximum Gasteiger partial charge on any atom is 0.374 e. The molecule has 2 N–H and O–H groups in total. The molecule has 1 aliphatic rings. The van der Waals surface area contributed by atoms with Gasteiger partial charge in [-0.05, 0) is 52.4 Å². The molecule has 4 aromatic carbocycles. The highest BCUT2D eigenvalue weighted by Gasteiger charge is 2.28. The van der Waals surface area contributed by atoms with Crippen LogP contribution in [0.1, 0.15) is 25.7 Å². The minimum atomic E-state index is -4.14. The predicted molar refractivity (Wildman–Crippen MR) is 186 cm³/mol. The van der Waals surface area contributed by atoms with Gasteiger partial charge in [-0.2, -0.15) is 17.2 Å². The number of aryl methyl sites for hydroxylation is 1. The first-order chi connectivity index (χ1) is 23.2. The van der Waals surface area contributed by atoms with Gasteiger partial charge >= 0.3 is 17.3 Å². The lowest BCUT2D eigenvalue weighted by atomic mass is 10.0. The number of hydrogen-bond acceptors (Lipinski definition) is 7. The second-order valence-electron chi connectivity index (χ2n) is 11.2. The molecule has 2 heterocycles. The molecule has 48 heavy (non-hydrogen) atoms. The van der Waals surface area contributed by atoms with Crippen molar-refractivity contribution in [2.75, 3.05) is 23.8 Å². The van der Waals surface area contributed by atoms with Crippen molar-refractivity contribution >= 4 is 44.3 Å². The summed E-state index contributed by atoms with van der Waals surface area (Å²) in [6, 6.07) is 31.7. The zero-order valence-electron chi connectivity index (χ0n) is 26.2. The molecule has 5 aromatic rings. The zero-order valence-corrected chi connectivity index (χ0v) is 27.8. The van der Waals surface area contributed by atoms with Gasteiger partial charge in [0.1, 0.15) is 0 Å². The van der Waals surface area contributed by atoms with Crippen molar-refractivity contribution in [3.63, 3.8) is 0 Å². The molecule has 0 saturated heterocycles. The SMILES string of the molecule is CCC(=Cc1oc2ccc(-c3ccccc3)cc2[n+]1CCCS(=O)(=O)O)C=C1Oc2ccc(-c3ccccc3)cc2N1CCOS(=O)O. The van der Waals surface area contributed by atoms with E-state index in [2.05, 4.69) is 0 Å². The fourth-order valence-electron chi connectivity index (χ4n) is 5.67. The lowest BCUT2D eigenvalue weighted by Crippen LogP contribution is -2.36. The summed E-state index contributed by atoms with van der Waals surface area (Å²) in [4.78, 5) is 1.91. The van der Waals surface area contributed by atoms with Crippen molar-refractivity contribution in [1.82, 2.24) is 0 Å². The highest BCUT2D eigenvalue weighted by molar-refractivity contribution is 7.85. The van der Waals surface area contributed by atoms with E-state index in [1.165, 1.54) is 0 Å². The number of nitrogens with zero attached hydrogens (tertiary/aromatic N) is 2. The van der Waals surface area contributed by atoms with Crippen LogP contribution < -0.4 is 14.2 Å². The smallest absolute Gasteiger partial charge is 0.374 e. The van der Waals surface area contributed by atoms with Crippen molar-refractivity contribution in [2.45, 2.75) is 26.3 Å². The van der Waals surface area contributed by atoms with E-state index in [1.54, 1.807) is 0 Å². The molecule has 1 unspecified atom stereocenters. The lowest BCUT2D eigenvalue weighted by molar-refractivity contribution is -0.677. The minimum absolute atomic E-state index is 0.0227. The maximum absolute atomic E-state index is 11.5. The topological polar surface area (TPSA) is 130 Å². The Labute approximate surface area is 281 Å². The Bertz CT molecular complexity index is 2110. The number of aromatic nitrogens is 1. The van der Waals surface area contributed by atoms with Crippen LogP contribution >= 0.6 is 0 Å². The first-order valence-electron chi connectivity index (χ1n) is 15.5. The first-order valence-corrected chi connectivity index (χ1v) is 18.1. The summed E-state index contributed by atoms with van der Waals surface area (Å²) >= 11 is -2.41. The number of allylic oxidation sites excluding steroid dienone is 2.